The van der Waals surface area contributed by atoms with Gasteiger partial charge < -0.3 is 0 Å². The van der Waals surface area contributed by atoms with Gasteiger partial charge in [0.15, 0.2) is 0 Å². The van der Waals surface area contributed by atoms with Gasteiger partial charge in [-0.15, -0.1) is 0 Å². The van der Waals surface area contributed by atoms with Crippen molar-refractivity contribution in [1.82, 2.24) is 0 Å². The maximum Gasteiger partial charge on any atom is 0.0190 e. The monoisotopic (exact) mass is 506 g/mol. The van der Waals surface area contributed by atoms with Crippen LogP contribution in [-0.2, 0) is 10.8 Å². The van der Waals surface area contributed by atoms with E-state index in [9.17, 15) is 0 Å². The number of rotatable bonds is 14. The minimum atomic E-state index is 0.0897. The van der Waals surface area contributed by atoms with Crippen LogP contribution in [0.3, 0.4) is 0 Å². The molecule has 202 valence electrons. The van der Waals surface area contributed by atoms with Gasteiger partial charge in [-0.1, -0.05) is 165 Å². The second-order valence-electron chi connectivity index (χ2n) is 12.7. The molecule has 2 aliphatic rings. The van der Waals surface area contributed by atoms with Crippen molar-refractivity contribution in [2.24, 2.45) is 0 Å². The van der Waals surface area contributed by atoms with E-state index in [0.717, 1.165) is 0 Å². The van der Waals surface area contributed by atoms with Crippen LogP contribution in [0.2, 0.25) is 0 Å². The standard InChI is InChI=1S/C38H50/c1-5-7-9-11-13-19-27-37(3)33-23-17-15-21-29(33)31-25-26-32-30-22-16-18-24-34(30)38(4,36(32)35(31)37)28-20-14-12-10-8-6-2/h15-18,21-26H,5-14,19-20,27-28H2,1-4H3. The highest BCUT2D eigenvalue weighted by molar-refractivity contribution is 5.91. The molecule has 5 rings (SSSR count). The molecule has 0 fully saturated rings. The Hall–Kier alpha value is -2.34. The van der Waals surface area contributed by atoms with Crippen LogP contribution in [0.25, 0.3) is 22.3 Å². The van der Waals surface area contributed by atoms with Gasteiger partial charge in [0.25, 0.3) is 0 Å². The van der Waals surface area contributed by atoms with Crippen LogP contribution in [0.15, 0.2) is 60.7 Å². The minimum absolute atomic E-state index is 0.0897. The lowest BCUT2D eigenvalue weighted by molar-refractivity contribution is 0.449. The average molecular weight is 507 g/mol. The molecule has 0 saturated heterocycles. The third-order valence-corrected chi connectivity index (χ3v) is 9.99. The molecule has 0 spiro atoms. The van der Waals surface area contributed by atoms with Crippen molar-refractivity contribution in [2.75, 3.05) is 0 Å². The molecule has 0 amide bonds. The van der Waals surface area contributed by atoms with Crippen molar-refractivity contribution in [3.05, 3.63) is 82.9 Å². The Bertz CT molecular complexity index is 1140. The first-order valence-electron chi connectivity index (χ1n) is 15.9. The van der Waals surface area contributed by atoms with Crippen molar-refractivity contribution in [3.8, 4) is 22.3 Å². The van der Waals surface area contributed by atoms with E-state index in [0.29, 0.717) is 0 Å². The predicted octanol–water partition coefficient (Wildman–Crippen LogP) is 11.8. The third-order valence-electron chi connectivity index (χ3n) is 9.99. The molecule has 0 aliphatic heterocycles. The highest BCUT2D eigenvalue weighted by Gasteiger charge is 2.48. The fraction of sp³-hybridized carbons (Fsp3) is 0.526. The largest absolute Gasteiger partial charge is 0.0654 e. The van der Waals surface area contributed by atoms with Crippen LogP contribution in [0.1, 0.15) is 140 Å². The lowest BCUT2D eigenvalue weighted by atomic mass is 9.67. The predicted molar refractivity (Wildman–Crippen MR) is 166 cm³/mol. The molecule has 0 bridgehead atoms. The topological polar surface area (TPSA) is 0 Å². The number of benzene rings is 3. The molecule has 0 N–H and O–H groups in total. The molecule has 0 heterocycles. The van der Waals surface area contributed by atoms with E-state index >= 15 is 0 Å². The molecule has 0 aromatic heterocycles. The zero-order chi connectivity index (χ0) is 26.6. The zero-order valence-corrected chi connectivity index (χ0v) is 24.7. The van der Waals surface area contributed by atoms with Gasteiger partial charge in [-0.25, -0.2) is 0 Å². The Balaban J connectivity index is 1.54. The highest BCUT2D eigenvalue weighted by Crippen LogP contribution is 2.61. The van der Waals surface area contributed by atoms with Crippen molar-refractivity contribution in [3.63, 3.8) is 0 Å². The second-order valence-corrected chi connectivity index (χ2v) is 12.7. The summed E-state index contributed by atoms with van der Waals surface area (Å²) in [6.07, 6.45) is 18.8. The third kappa shape index (κ3) is 4.78. The van der Waals surface area contributed by atoms with Gasteiger partial charge >= 0.3 is 0 Å². The van der Waals surface area contributed by atoms with Crippen LogP contribution in [0.4, 0.5) is 0 Å². The van der Waals surface area contributed by atoms with Crippen molar-refractivity contribution in [1.29, 1.82) is 0 Å². The van der Waals surface area contributed by atoms with Crippen LogP contribution >= 0.6 is 0 Å². The van der Waals surface area contributed by atoms with E-state index in [1.165, 1.54) is 112 Å². The minimum Gasteiger partial charge on any atom is -0.0654 e. The molecule has 3 aromatic carbocycles. The number of hydrogen-bond donors (Lipinski definition) is 0. The van der Waals surface area contributed by atoms with Crippen LogP contribution in [-0.4, -0.2) is 0 Å². The summed E-state index contributed by atoms with van der Waals surface area (Å²) in [5.74, 6) is 0. The Kier molecular flexibility index (Phi) is 8.47. The fourth-order valence-corrected chi connectivity index (χ4v) is 7.90. The molecule has 3 aromatic rings. The van der Waals surface area contributed by atoms with Crippen LogP contribution in [0.5, 0.6) is 0 Å². The lowest BCUT2D eigenvalue weighted by Crippen LogP contribution is -2.28. The normalized spacial score (nSPS) is 20.7. The SMILES string of the molecule is CCCCCCCCC1(C)c2ccccc2-c2ccc3c(c21)C(C)(CCCCCCCC)c1ccccc1-3. The van der Waals surface area contributed by atoms with E-state index in [1.807, 2.05) is 0 Å². The van der Waals surface area contributed by atoms with Gasteiger partial charge in [-0.05, 0) is 57.3 Å². The quantitative estimate of drug-likeness (QED) is 0.191. The Morgan fingerprint density at radius 3 is 1.21 bits per heavy atom. The number of unbranched alkanes of at least 4 members (excludes halogenated alkanes) is 10. The summed E-state index contributed by atoms with van der Waals surface area (Å²) in [4.78, 5) is 0. The summed E-state index contributed by atoms with van der Waals surface area (Å²) >= 11 is 0. The summed E-state index contributed by atoms with van der Waals surface area (Å²) in [5, 5.41) is 0. The molecule has 0 radical (unpaired) electrons. The molecule has 0 nitrogen and oxygen atoms in total. The zero-order valence-electron chi connectivity index (χ0n) is 24.7. The molecule has 2 unspecified atom stereocenters. The Morgan fingerprint density at radius 1 is 0.421 bits per heavy atom. The molecule has 2 atom stereocenters. The highest BCUT2D eigenvalue weighted by atomic mass is 14.5. The molecular weight excluding hydrogens is 456 g/mol. The van der Waals surface area contributed by atoms with Crippen LogP contribution < -0.4 is 0 Å². The number of hydrogen-bond acceptors (Lipinski definition) is 0. The summed E-state index contributed by atoms with van der Waals surface area (Å²) in [7, 11) is 0. The van der Waals surface area contributed by atoms with Crippen molar-refractivity contribution in [2.45, 2.75) is 128 Å². The Morgan fingerprint density at radius 2 is 0.789 bits per heavy atom. The molecule has 38 heavy (non-hydrogen) atoms. The molecule has 2 aliphatic carbocycles. The van der Waals surface area contributed by atoms with Gasteiger partial charge in [0.2, 0.25) is 0 Å². The van der Waals surface area contributed by atoms with E-state index in [1.54, 1.807) is 22.3 Å². The smallest absolute Gasteiger partial charge is 0.0190 e. The molecule has 0 saturated carbocycles. The van der Waals surface area contributed by atoms with Crippen molar-refractivity contribution >= 4 is 0 Å². The van der Waals surface area contributed by atoms with E-state index in [4.69, 9.17) is 0 Å². The summed E-state index contributed by atoms with van der Waals surface area (Å²) < 4.78 is 0. The van der Waals surface area contributed by atoms with E-state index in [2.05, 4.69) is 88.4 Å². The summed E-state index contributed by atoms with van der Waals surface area (Å²) in [6.45, 7) is 9.79. The molecular formula is C38H50. The van der Waals surface area contributed by atoms with E-state index < -0.39 is 0 Å². The van der Waals surface area contributed by atoms with Crippen LogP contribution in [0, 0.1) is 0 Å². The second kappa shape index (κ2) is 11.8. The van der Waals surface area contributed by atoms with E-state index in [-0.39, 0.29) is 10.8 Å². The van der Waals surface area contributed by atoms with Gasteiger partial charge in [-0.3, -0.25) is 0 Å². The Labute approximate surface area is 233 Å². The summed E-state index contributed by atoms with van der Waals surface area (Å²) in [5.41, 5.74) is 12.6. The van der Waals surface area contributed by atoms with Gasteiger partial charge in [0.05, 0.1) is 0 Å². The van der Waals surface area contributed by atoms with Gasteiger partial charge in [-0.2, -0.15) is 0 Å². The lowest BCUT2D eigenvalue weighted by Gasteiger charge is -2.36. The maximum absolute atomic E-state index is 2.58. The summed E-state index contributed by atoms with van der Waals surface area (Å²) in [6, 6.07) is 23.6. The number of fused-ring (bicyclic) bond motifs is 7. The first-order valence-corrected chi connectivity index (χ1v) is 15.9. The van der Waals surface area contributed by atoms with Crippen molar-refractivity contribution < 1.29 is 0 Å². The van der Waals surface area contributed by atoms with Gasteiger partial charge in [0.1, 0.15) is 0 Å². The maximum atomic E-state index is 2.58. The fourth-order valence-electron chi connectivity index (χ4n) is 7.90. The first kappa shape index (κ1) is 27.2. The first-order chi connectivity index (χ1) is 18.6. The molecule has 0 heteroatoms. The van der Waals surface area contributed by atoms with Gasteiger partial charge in [0, 0.05) is 10.8 Å². The average Bonchev–Trinajstić information content (AvgIpc) is 3.35.